The molecule has 186 valence electrons. The molecule has 0 aliphatic carbocycles. The Bertz CT molecular complexity index is 1210. The van der Waals surface area contributed by atoms with E-state index >= 15 is 0 Å². The monoisotopic (exact) mass is 510 g/mol. The molecule has 8 heteroatoms. The maximum absolute atomic E-state index is 6.23. The Balaban J connectivity index is 1.46. The Morgan fingerprint density at radius 2 is 1.80 bits per heavy atom. The van der Waals surface area contributed by atoms with E-state index in [9.17, 15) is 0 Å². The molecule has 0 unspecified atom stereocenters. The van der Waals surface area contributed by atoms with Gasteiger partial charge in [0.1, 0.15) is 16.9 Å². The number of likely N-dealkylation sites (N-methyl/N-ethyl adjacent to an activating group) is 1. The van der Waals surface area contributed by atoms with Crippen molar-refractivity contribution in [2.45, 2.75) is 52.5 Å². The number of aliphatic imine (C=N–C) groups is 1. The van der Waals surface area contributed by atoms with Crippen molar-refractivity contribution >= 4 is 28.6 Å². The molecule has 1 atom stereocenters. The van der Waals surface area contributed by atoms with Gasteiger partial charge < -0.3 is 9.80 Å². The van der Waals surface area contributed by atoms with Crippen molar-refractivity contribution in [1.29, 1.82) is 0 Å². The lowest BCUT2D eigenvalue weighted by molar-refractivity contribution is 0.209. The SMILES string of the molecule is Cc1sc2c(c1C)C(c1ccc(Cl)cc1)=N[C@@H](CN(C)CCCN1CCCCC1)c1nnc(C)n1-2. The normalized spacial score (nSPS) is 18.3. The highest BCUT2D eigenvalue weighted by Gasteiger charge is 2.31. The molecule has 35 heavy (non-hydrogen) atoms. The minimum atomic E-state index is -0.0961. The molecule has 3 aromatic rings. The number of thiophene rings is 1. The molecule has 1 fully saturated rings. The van der Waals surface area contributed by atoms with Crippen LogP contribution in [0.25, 0.3) is 5.00 Å². The summed E-state index contributed by atoms with van der Waals surface area (Å²) in [6.45, 7) is 12.0. The lowest BCUT2D eigenvalue weighted by atomic mass is 10.00. The standard InChI is InChI=1S/C27H35ClN6S/c1-18-19(2)35-27-24(18)25(21-9-11-22(28)12-10-21)29-23(26-31-30-20(3)34(26)27)17-32(4)13-8-16-33-14-6-5-7-15-33/h9-12,23H,5-8,13-17H2,1-4H3/t23-/m0/s1. The topological polar surface area (TPSA) is 49.6 Å². The third-order valence-electron chi connectivity index (χ3n) is 7.30. The van der Waals surface area contributed by atoms with Crippen LogP contribution in [0.3, 0.4) is 0 Å². The van der Waals surface area contributed by atoms with Gasteiger partial charge in [-0.3, -0.25) is 9.56 Å². The Labute approximate surface area is 217 Å². The number of aromatic nitrogens is 3. The van der Waals surface area contributed by atoms with Crippen LogP contribution in [0.4, 0.5) is 0 Å². The lowest BCUT2D eigenvalue weighted by Crippen LogP contribution is -2.33. The quantitative estimate of drug-likeness (QED) is 0.414. The van der Waals surface area contributed by atoms with Crippen molar-refractivity contribution in [3.05, 3.63) is 62.5 Å². The van der Waals surface area contributed by atoms with Crippen LogP contribution < -0.4 is 0 Å². The molecule has 0 radical (unpaired) electrons. The smallest absolute Gasteiger partial charge is 0.164 e. The number of piperidine rings is 1. The van der Waals surface area contributed by atoms with E-state index in [4.69, 9.17) is 16.6 Å². The lowest BCUT2D eigenvalue weighted by Gasteiger charge is -2.27. The van der Waals surface area contributed by atoms with E-state index < -0.39 is 0 Å². The van der Waals surface area contributed by atoms with Gasteiger partial charge in [-0.2, -0.15) is 0 Å². The van der Waals surface area contributed by atoms with E-state index in [1.807, 2.05) is 19.1 Å². The Kier molecular flexibility index (Phi) is 7.39. The fraction of sp³-hybridized carbons (Fsp3) is 0.519. The van der Waals surface area contributed by atoms with Crippen LogP contribution in [0.5, 0.6) is 0 Å². The number of rotatable bonds is 7. The van der Waals surface area contributed by atoms with Gasteiger partial charge in [-0.15, -0.1) is 21.5 Å². The first-order valence-corrected chi connectivity index (χ1v) is 13.9. The van der Waals surface area contributed by atoms with E-state index in [0.29, 0.717) is 0 Å². The minimum absolute atomic E-state index is 0.0961. The first kappa shape index (κ1) is 24.6. The van der Waals surface area contributed by atoms with Crippen LogP contribution >= 0.6 is 22.9 Å². The summed E-state index contributed by atoms with van der Waals surface area (Å²) in [6.07, 6.45) is 5.25. The molecule has 1 aromatic carbocycles. The fourth-order valence-electron chi connectivity index (χ4n) is 5.25. The molecule has 0 N–H and O–H groups in total. The molecule has 0 amide bonds. The van der Waals surface area contributed by atoms with Crippen LogP contribution in [-0.4, -0.2) is 70.0 Å². The van der Waals surface area contributed by atoms with E-state index in [2.05, 4.69) is 57.6 Å². The van der Waals surface area contributed by atoms with Crippen LogP contribution in [0, 0.1) is 20.8 Å². The maximum Gasteiger partial charge on any atom is 0.164 e. The van der Waals surface area contributed by atoms with Crippen molar-refractivity contribution in [3.63, 3.8) is 0 Å². The minimum Gasteiger partial charge on any atom is -0.304 e. The van der Waals surface area contributed by atoms with E-state index in [1.54, 1.807) is 11.3 Å². The van der Waals surface area contributed by atoms with Gasteiger partial charge in [0, 0.05) is 27.6 Å². The molecule has 0 saturated carbocycles. The predicted octanol–water partition coefficient (Wildman–Crippen LogP) is 5.61. The molecule has 2 aliphatic rings. The van der Waals surface area contributed by atoms with Gasteiger partial charge in [0.2, 0.25) is 0 Å². The summed E-state index contributed by atoms with van der Waals surface area (Å²) in [5.41, 5.74) is 4.57. The highest BCUT2D eigenvalue weighted by atomic mass is 35.5. The van der Waals surface area contributed by atoms with Gasteiger partial charge in [0.15, 0.2) is 5.82 Å². The van der Waals surface area contributed by atoms with Crippen molar-refractivity contribution in [2.24, 2.45) is 4.99 Å². The Morgan fingerprint density at radius 1 is 1.06 bits per heavy atom. The highest BCUT2D eigenvalue weighted by molar-refractivity contribution is 7.15. The predicted molar refractivity (Wildman–Crippen MR) is 146 cm³/mol. The number of fused-ring (bicyclic) bond motifs is 3. The second-order valence-corrected chi connectivity index (χ2v) is 11.6. The van der Waals surface area contributed by atoms with Gasteiger partial charge in [0.25, 0.3) is 0 Å². The maximum atomic E-state index is 6.23. The molecule has 2 aliphatic heterocycles. The average Bonchev–Trinajstić information content (AvgIpc) is 3.32. The fourth-order valence-corrected chi connectivity index (χ4v) is 6.59. The first-order valence-electron chi connectivity index (χ1n) is 12.7. The molecule has 2 aromatic heterocycles. The highest BCUT2D eigenvalue weighted by Crippen LogP contribution is 2.39. The number of hydrogen-bond acceptors (Lipinski definition) is 6. The number of likely N-dealkylation sites (tertiary alicyclic amines) is 1. The Morgan fingerprint density at radius 3 is 2.54 bits per heavy atom. The Hall–Kier alpha value is -2.06. The third kappa shape index (κ3) is 5.10. The molecule has 0 spiro atoms. The van der Waals surface area contributed by atoms with Crippen LogP contribution in [0.1, 0.15) is 64.9 Å². The zero-order valence-corrected chi connectivity index (χ0v) is 22.8. The van der Waals surface area contributed by atoms with Crippen molar-refractivity contribution in [2.75, 3.05) is 39.8 Å². The van der Waals surface area contributed by atoms with Gasteiger partial charge in [-0.25, -0.2) is 0 Å². The zero-order chi connectivity index (χ0) is 24.5. The number of nitrogens with zero attached hydrogens (tertiary/aromatic N) is 6. The number of halogens is 1. The van der Waals surface area contributed by atoms with Gasteiger partial charge in [-0.05, 0) is 91.0 Å². The summed E-state index contributed by atoms with van der Waals surface area (Å²) in [5.74, 6) is 1.84. The summed E-state index contributed by atoms with van der Waals surface area (Å²) in [4.78, 5) is 11.7. The van der Waals surface area contributed by atoms with Gasteiger partial charge in [-0.1, -0.05) is 30.2 Å². The zero-order valence-electron chi connectivity index (χ0n) is 21.2. The first-order chi connectivity index (χ1) is 16.9. The molecular weight excluding hydrogens is 476 g/mol. The van der Waals surface area contributed by atoms with E-state index in [1.165, 1.54) is 66.3 Å². The van der Waals surface area contributed by atoms with E-state index in [-0.39, 0.29) is 6.04 Å². The largest absolute Gasteiger partial charge is 0.304 e. The van der Waals surface area contributed by atoms with E-state index in [0.717, 1.165) is 41.0 Å². The van der Waals surface area contributed by atoms with Gasteiger partial charge in [0.05, 0.1) is 5.71 Å². The number of hydrogen-bond donors (Lipinski definition) is 0. The molecule has 1 saturated heterocycles. The molecule has 0 bridgehead atoms. The van der Waals surface area contributed by atoms with Gasteiger partial charge >= 0.3 is 0 Å². The van der Waals surface area contributed by atoms with Crippen LogP contribution in [-0.2, 0) is 0 Å². The third-order valence-corrected chi connectivity index (χ3v) is 8.75. The van der Waals surface area contributed by atoms with Crippen molar-refractivity contribution in [1.82, 2.24) is 24.6 Å². The van der Waals surface area contributed by atoms with Crippen LogP contribution in [0.15, 0.2) is 29.3 Å². The molecule has 5 rings (SSSR count). The number of benzene rings is 1. The second kappa shape index (κ2) is 10.5. The summed E-state index contributed by atoms with van der Waals surface area (Å²) in [6, 6.07) is 7.96. The average molecular weight is 511 g/mol. The molecule has 6 nitrogen and oxygen atoms in total. The summed E-state index contributed by atoms with van der Waals surface area (Å²) < 4.78 is 2.23. The van der Waals surface area contributed by atoms with Crippen LogP contribution in [0.2, 0.25) is 5.02 Å². The summed E-state index contributed by atoms with van der Waals surface area (Å²) in [5, 5.41) is 11.0. The summed E-state index contributed by atoms with van der Waals surface area (Å²) >= 11 is 8.03. The molecule has 4 heterocycles. The van der Waals surface area contributed by atoms with Crippen molar-refractivity contribution in [3.8, 4) is 5.00 Å². The second-order valence-electron chi connectivity index (χ2n) is 9.92. The number of aryl methyl sites for hydroxylation is 2. The van der Waals surface area contributed by atoms with Crippen molar-refractivity contribution < 1.29 is 0 Å². The molecular formula is C27H35ClN6S. The summed E-state index contributed by atoms with van der Waals surface area (Å²) in [7, 11) is 2.21.